The molecule has 0 spiro atoms. The van der Waals surface area contributed by atoms with Crippen molar-refractivity contribution in [2.45, 2.75) is 18.9 Å². The van der Waals surface area contributed by atoms with Crippen molar-refractivity contribution < 1.29 is 4.74 Å². The number of rotatable bonds is 3. The molecule has 1 atom stereocenters. The van der Waals surface area contributed by atoms with Gasteiger partial charge in [-0.05, 0) is 38.6 Å². The Bertz CT molecular complexity index is 327. The van der Waals surface area contributed by atoms with Gasteiger partial charge in [0.25, 0.3) is 0 Å². The monoisotopic (exact) mass is 206 g/mol. The summed E-state index contributed by atoms with van der Waals surface area (Å²) in [5.41, 5.74) is 6.44. The third-order valence-electron chi connectivity index (χ3n) is 2.97. The summed E-state index contributed by atoms with van der Waals surface area (Å²) in [6, 6.07) is 8.17. The summed E-state index contributed by atoms with van der Waals surface area (Å²) < 4.78 is 5.72. The van der Waals surface area contributed by atoms with E-state index >= 15 is 0 Å². The van der Waals surface area contributed by atoms with E-state index in [4.69, 9.17) is 10.5 Å². The van der Waals surface area contributed by atoms with Crippen LogP contribution in [-0.4, -0.2) is 31.1 Å². The number of nitrogens with zero attached hydrogens (tertiary/aromatic N) is 1. The van der Waals surface area contributed by atoms with Gasteiger partial charge in [0.1, 0.15) is 12.4 Å². The van der Waals surface area contributed by atoms with Crippen molar-refractivity contribution in [2.75, 3.05) is 25.9 Å². The Morgan fingerprint density at radius 3 is 3.07 bits per heavy atom. The molecule has 0 bridgehead atoms. The molecule has 1 aromatic rings. The Morgan fingerprint density at radius 1 is 1.53 bits per heavy atom. The predicted molar refractivity (Wildman–Crippen MR) is 62.0 cm³/mol. The molecule has 1 fully saturated rings. The highest BCUT2D eigenvalue weighted by Crippen LogP contribution is 2.18. The highest BCUT2D eigenvalue weighted by Gasteiger charge is 2.21. The molecule has 2 rings (SSSR count). The average Bonchev–Trinajstić information content (AvgIpc) is 2.61. The van der Waals surface area contributed by atoms with Gasteiger partial charge in [-0.15, -0.1) is 0 Å². The summed E-state index contributed by atoms with van der Waals surface area (Å²) in [4.78, 5) is 2.35. The lowest BCUT2D eigenvalue weighted by atomic mass is 10.2. The summed E-state index contributed by atoms with van der Waals surface area (Å²) in [6.45, 7) is 1.95. The third kappa shape index (κ3) is 2.63. The minimum Gasteiger partial charge on any atom is -0.492 e. The minimum absolute atomic E-state index is 0.562. The lowest BCUT2D eigenvalue weighted by Crippen LogP contribution is -2.30. The lowest BCUT2D eigenvalue weighted by molar-refractivity contribution is 0.198. The van der Waals surface area contributed by atoms with Gasteiger partial charge in [-0.2, -0.15) is 0 Å². The summed E-state index contributed by atoms with van der Waals surface area (Å²) in [5, 5.41) is 0. The van der Waals surface area contributed by atoms with Gasteiger partial charge in [-0.3, -0.25) is 0 Å². The molecule has 0 unspecified atom stereocenters. The first kappa shape index (κ1) is 10.3. The number of hydrogen-bond acceptors (Lipinski definition) is 3. The average molecular weight is 206 g/mol. The topological polar surface area (TPSA) is 38.5 Å². The SMILES string of the molecule is CN1CCC[C@H]1COc1cccc(N)c1. The molecule has 1 saturated heterocycles. The van der Waals surface area contributed by atoms with Crippen LogP contribution in [0.15, 0.2) is 24.3 Å². The van der Waals surface area contributed by atoms with Crippen molar-refractivity contribution in [1.82, 2.24) is 4.90 Å². The van der Waals surface area contributed by atoms with Gasteiger partial charge >= 0.3 is 0 Å². The molecule has 3 heteroatoms. The maximum absolute atomic E-state index is 5.72. The first-order chi connectivity index (χ1) is 7.25. The number of likely N-dealkylation sites (N-methyl/N-ethyl adjacent to an activating group) is 1. The Balaban J connectivity index is 1.87. The van der Waals surface area contributed by atoms with Crippen LogP contribution in [0.1, 0.15) is 12.8 Å². The molecule has 2 N–H and O–H groups in total. The Labute approximate surface area is 90.8 Å². The van der Waals surface area contributed by atoms with Gasteiger partial charge in [0.05, 0.1) is 0 Å². The van der Waals surface area contributed by atoms with E-state index < -0.39 is 0 Å². The Hall–Kier alpha value is -1.22. The maximum atomic E-state index is 5.72. The molecule has 1 heterocycles. The molecule has 1 aliphatic rings. The van der Waals surface area contributed by atoms with Gasteiger partial charge in [0.2, 0.25) is 0 Å². The van der Waals surface area contributed by atoms with Gasteiger partial charge in [-0.25, -0.2) is 0 Å². The first-order valence-electron chi connectivity index (χ1n) is 5.44. The zero-order valence-electron chi connectivity index (χ0n) is 9.15. The van der Waals surface area contributed by atoms with Crippen molar-refractivity contribution in [2.24, 2.45) is 0 Å². The fraction of sp³-hybridized carbons (Fsp3) is 0.500. The van der Waals surface area contributed by atoms with Crippen LogP contribution in [-0.2, 0) is 0 Å². The van der Waals surface area contributed by atoms with E-state index in [9.17, 15) is 0 Å². The van der Waals surface area contributed by atoms with Crippen molar-refractivity contribution >= 4 is 5.69 Å². The molecule has 3 nitrogen and oxygen atoms in total. The van der Waals surface area contributed by atoms with E-state index in [2.05, 4.69) is 11.9 Å². The molecule has 1 aliphatic heterocycles. The van der Waals surface area contributed by atoms with Gasteiger partial charge < -0.3 is 15.4 Å². The molecule has 1 aromatic carbocycles. The standard InChI is InChI=1S/C12H18N2O/c1-14-7-3-5-11(14)9-15-12-6-2-4-10(13)8-12/h2,4,6,8,11H,3,5,7,9,13H2,1H3/t11-/m0/s1. The van der Waals surface area contributed by atoms with Crippen LogP contribution in [0, 0.1) is 0 Å². The summed E-state index contributed by atoms with van der Waals surface area (Å²) in [6.07, 6.45) is 2.51. The molecular weight excluding hydrogens is 188 g/mol. The molecule has 0 amide bonds. The molecule has 0 saturated carbocycles. The molecule has 0 aliphatic carbocycles. The zero-order chi connectivity index (χ0) is 10.7. The van der Waals surface area contributed by atoms with Crippen molar-refractivity contribution in [3.05, 3.63) is 24.3 Å². The largest absolute Gasteiger partial charge is 0.492 e. The minimum atomic E-state index is 0.562. The summed E-state index contributed by atoms with van der Waals surface area (Å²) >= 11 is 0. The highest BCUT2D eigenvalue weighted by atomic mass is 16.5. The van der Waals surface area contributed by atoms with E-state index in [1.807, 2.05) is 24.3 Å². The number of hydrogen-bond donors (Lipinski definition) is 1. The van der Waals surface area contributed by atoms with Crippen LogP contribution in [0.25, 0.3) is 0 Å². The summed E-state index contributed by atoms with van der Waals surface area (Å²) in [5.74, 6) is 0.871. The second-order valence-corrected chi connectivity index (χ2v) is 4.16. The second-order valence-electron chi connectivity index (χ2n) is 4.16. The number of benzene rings is 1. The van der Waals surface area contributed by atoms with Gasteiger partial charge in [0, 0.05) is 17.8 Å². The van der Waals surface area contributed by atoms with Crippen LogP contribution >= 0.6 is 0 Å². The normalized spacial score (nSPS) is 21.8. The first-order valence-corrected chi connectivity index (χ1v) is 5.44. The van der Waals surface area contributed by atoms with Crippen molar-refractivity contribution in [3.63, 3.8) is 0 Å². The van der Waals surface area contributed by atoms with E-state index in [-0.39, 0.29) is 0 Å². The van der Waals surface area contributed by atoms with Crippen molar-refractivity contribution in [1.29, 1.82) is 0 Å². The third-order valence-corrected chi connectivity index (χ3v) is 2.97. The smallest absolute Gasteiger partial charge is 0.121 e. The van der Waals surface area contributed by atoms with Gasteiger partial charge in [-0.1, -0.05) is 6.07 Å². The van der Waals surface area contributed by atoms with E-state index in [1.54, 1.807) is 0 Å². The number of ether oxygens (including phenoxy) is 1. The predicted octanol–water partition coefficient (Wildman–Crippen LogP) is 1.74. The molecule has 0 aromatic heterocycles. The summed E-state index contributed by atoms with van der Waals surface area (Å²) in [7, 11) is 2.15. The fourth-order valence-electron chi connectivity index (χ4n) is 1.99. The number of likely N-dealkylation sites (tertiary alicyclic amines) is 1. The number of anilines is 1. The quantitative estimate of drug-likeness (QED) is 0.766. The highest BCUT2D eigenvalue weighted by molar-refractivity contribution is 5.43. The van der Waals surface area contributed by atoms with E-state index in [0.717, 1.165) is 18.0 Å². The number of nitrogen functional groups attached to an aromatic ring is 1. The van der Waals surface area contributed by atoms with Crippen LogP contribution < -0.4 is 10.5 Å². The Kier molecular flexibility index (Phi) is 3.11. The zero-order valence-corrected chi connectivity index (χ0v) is 9.15. The molecule has 15 heavy (non-hydrogen) atoms. The van der Waals surface area contributed by atoms with Crippen LogP contribution in [0.2, 0.25) is 0 Å². The maximum Gasteiger partial charge on any atom is 0.121 e. The lowest BCUT2D eigenvalue weighted by Gasteiger charge is -2.19. The Morgan fingerprint density at radius 2 is 2.40 bits per heavy atom. The fourth-order valence-corrected chi connectivity index (χ4v) is 1.99. The molecular formula is C12H18N2O. The van der Waals surface area contributed by atoms with Crippen LogP contribution in [0.4, 0.5) is 5.69 Å². The van der Waals surface area contributed by atoms with Crippen LogP contribution in [0.3, 0.4) is 0 Å². The van der Waals surface area contributed by atoms with Crippen molar-refractivity contribution in [3.8, 4) is 5.75 Å². The molecule has 82 valence electrons. The second kappa shape index (κ2) is 4.53. The number of nitrogens with two attached hydrogens (primary N) is 1. The van der Waals surface area contributed by atoms with E-state index in [0.29, 0.717) is 6.04 Å². The van der Waals surface area contributed by atoms with E-state index in [1.165, 1.54) is 19.4 Å². The molecule has 0 radical (unpaired) electrons. The van der Waals surface area contributed by atoms with Crippen LogP contribution in [0.5, 0.6) is 5.75 Å². The van der Waals surface area contributed by atoms with Gasteiger partial charge in [0.15, 0.2) is 0 Å².